The topological polar surface area (TPSA) is 136 Å². The Kier molecular flexibility index (Phi) is 5.60. The molecule has 28 heavy (non-hydrogen) atoms. The summed E-state index contributed by atoms with van der Waals surface area (Å²) >= 11 is -3.83. The van der Waals surface area contributed by atoms with Gasteiger partial charge in [0, 0.05) is 0 Å². The van der Waals surface area contributed by atoms with E-state index in [1.54, 1.807) is 6.92 Å². The molecule has 3 aromatic rings. The second-order valence-corrected chi connectivity index (χ2v) is 10.9. The molecular formula is C17H19AsN4O5S. The average molecular weight is 466 g/mol. The third-order valence-corrected chi connectivity index (χ3v) is 7.20. The molecule has 1 amide bonds. The first-order valence-corrected chi connectivity index (χ1v) is 12.4. The standard InChI is InChI=1S/C17H19AsN4O5S/c1-9-13-15(23)20-12(8-22(2)3)21-17(13)28-14(9)16(24)19-11-6-4-10(5-7-11)18(25,26)27/h4-7H,8H2,1-3H3,(H,19,24)(H,20,21,23)(H2,25,26,27). The van der Waals surface area contributed by atoms with Gasteiger partial charge in [-0.2, -0.15) is 0 Å². The molecule has 4 N–H and O–H groups in total. The first-order chi connectivity index (χ1) is 13.1. The van der Waals surface area contributed by atoms with Gasteiger partial charge in [-0.3, -0.25) is 0 Å². The molecule has 0 aliphatic carbocycles. The third-order valence-electron chi connectivity index (χ3n) is 3.98. The average Bonchev–Trinajstić information content (AvgIpc) is 2.91. The van der Waals surface area contributed by atoms with Gasteiger partial charge in [0.15, 0.2) is 0 Å². The molecule has 0 saturated heterocycles. The molecule has 0 radical (unpaired) electrons. The number of nitrogens with zero attached hydrogens (tertiary/aromatic N) is 2. The van der Waals surface area contributed by atoms with Crippen LogP contribution in [0.4, 0.5) is 5.69 Å². The summed E-state index contributed by atoms with van der Waals surface area (Å²) in [4.78, 5) is 35.0. The molecule has 0 spiro atoms. The summed E-state index contributed by atoms with van der Waals surface area (Å²) in [7, 11) is 3.73. The molecule has 0 bridgehead atoms. The second kappa shape index (κ2) is 7.65. The molecule has 0 unspecified atom stereocenters. The van der Waals surface area contributed by atoms with Crippen molar-refractivity contribution in [2.45, 2.75) is 13.5 Å². The van der Waals surface area contributed by atoms with Crippen molar-refractivity contribution < 1.29 is 16.7 Å². The molecule has 148 valence electrons. The van der Waals surface area contributed by atoms with Crippen molar-refractivity contribution in [3.63, 3.8) is 0 Å². The van der Waals surface area contributed by atoms with Crippen LogP contribution in [0.3, 0.4) is 0 Å². The van der Waals surface area contributed by atoms with Crippen molar-refractivity contribution in [2.75, 3.05) is 19.4 Å². The Balaban J connectivity index is 1.91. The van der Waals surface area contributed by atoms with Crippen molar-refractivity contribution in [1.29, 1.82) is 0 Å². The van der Waals surface area contributed by atoms with Crippen molar-refractivity contribution in [1.82, 2.24) is 14.9 Å². The first-order valence-electron chi connectivity index (χ1n) is 8.21. The van der Waals surface area contributed by atoms with Gasteiger partial charge >= 0.3 is 148 Å². The van der Waals surface area contributed by atoms with Gasteiger partial charge in [0.25, 0.3) is 0 Å². The van der Waals surface area contributed by atoms with Crippen molar-refractivity contribution >= 4 is 51.7 Å². The van der Waals surface area contributed by atoms with Gasteiger partial charge in [-0.05, 0) is 14.1 Å². The molecular weight excluding hydrogens is 447 g/mol. The van der Waals surface area contributed by atoms with Crippen molar-refractivity contribution in [2.24, 2.45) is 0 Å². The monoisotopic (exact) mass is 466 g/mol. The Labute approximate surface area is 167 Å². The zero-order valence-corrected chi connectivity index (χ0v) is 18.1. The van der Waals surface area contributed by atoms with Crippen LogP contribution >= 0.6 is 11.3 Å². The predicted octanol–water partition coefficient (Wildman–Crippen LogP) is 0.168. The number of H-pyrrole nitrogens is 1. The van der Waals surface area contributed by atoms with Gasteiger partial charge in [-0.15, -0.1) is 0 Å². The SMILES string of the molecule is Cc1c(C(=O)Nc2ccc([As](=O)(O)O)cc2)sc2nc(CN(C)C)[nH]c(=O)c12. The van der Waals surface area contributed by atoms with Gasteiger partial charge in [0.05, 0.1) is 0 Å². The predicted molar refractivity (Wildman–Crippen MR) is 107 cm³/mol. The van der Waals surface area contributed by atoms with Crippen LogP contribution < -0.4 is 15.2 Å². The van der Waals surface area contributed by atoms with E-state index in [0.717, 1.165) is 11.3 Å². The number of hydrogen-bond donors (Lipinski definition) is 4. The number of nitrogens with one attached hydrogen (secondary N) is 2. The molecule has 9 nitrogen and oxygen atoms in total. The summed E-state index contributed by atoms with van der Waals surface area (Å²) in [6.07, 6.45) is 0. The van der Waals surface area contributed by atoms with Gasteiger partial charge < -0.3 is 4.90 Å². The van der Waals surface area contributed by atoms with Crippen LogP contribution in [0.5, 0.6) is 0 Å². The molecule has 0 aliphatic rings. The molecule has 2 aromatic heterocycles. The molecule has 3 rings (SSSR count). The Bertz CT molecular complexity index is 1150. The molecule has 0 aliphatic heterocycles. The maximum absolute atomic E-state index is 12.7. The summed E-state index contributed by atoms with van der Waals surface area (Å²) in [5.41, 5.74) is 0.644. The summed E-state index contributed by atoms with van der Waals surface area (Å²) in [6, 6.07) is 5.42. The van der Waals surface area contributed by atoms with Crippen LogP contribution in [-0.2, 0) is 10.3 Å². The number of fused-ring (bicyclic) bond motifs is 1. The summed E-state index contributed by atoms with van der Waals surface area (Å²) in [6.45, 7) is 2.16. The number of amides is 1. The number of aromatic amines is 1. The minimum atomic E-state index is -4.97. The molecule has 2 heterocycles. The van der Waals surface area contributed by atoms with E-state index in [1.165, 1.54) is 24.3 Å². The zero-order chi connectivity index (χ0) is 20.6. The number of carbonyl (C=O) groups is 1. The Hall–Kier alpha value is -2.23. The van der Waals surface area contributed by atoms with E-state index in [4.69, 9.17) is 0 Å². The number of carbonyl (C=O) groups excluding carboxylic acids is 1. The number of thiophene rings is 1. The van der Waals surface area contributed by atoms with Crippen molar-refractivity contribution in [3.05, 3.63) is 50.9 Å². The van der Waals surface area contributed by atoms with E-state index in [0.29, 0.717) is 38.7 Å². The number of hydrogen-bond acceptors (Lipinski definition) is 6. The van der Waals surface area contributed by atoms with E-state index in [-0.39, 0.29) is 9.91 Å². The van der Waals surface area contributed by atoms with Crippen LogP contribution in [0.15, 0.2) is 29.1 Å². The quantitative estimate of drug-likeness (QED) is 0.394. The number of aryl methyl sites for hydroxylation is 1. The number of aromatic nitrogens is 2. The fourth-order valence-corrected chi connectivity index (χ4v) is 4.93. The van der Waals surface area contributed by atoms with E-state index in [2.05, 4.69) is 15.3 Å². The van der Waals surface area contributed by atoms with E-state index < -0.39 is 20.1 Å². The van der Waals surface area contributed by atoms with Gasteiger partial charge in [0.2, 0.25) is 0 Å². The first kappa shape index (κ1) is 20.5. The number of anilines is 1. The van der Waals surface area contributed by atoms with Crippen molar-refractivity contribution in [3.8, 4) is 0 Å². The normalized spacial score (nSPS) is 11.9. The van der Waals surface area contributed by atoms with Gasteiger partial charge in [-0.1, -0.05) is 0 Å². The number of rotatable bonds is 5. The van der Waals surface area contributed by atoms with Gasteiger partial charge in [0.1, 0.15) is 0 Å². The molecule has 0 fully saturated rings. The van der Waals surface area contributed by atoms with Crippen LogP contribution in [0.25, 0.3) is 10.2 Å². The maximum atomic E-state index is 12.7. The molecule has 0 saturated carbocycles. The molecule has 11 heteroatoms. The fourth-order valence-electron chi connectivity index (χ4n) is 2.71. The Morgan fingerprint density at radius 2 is 1.93 bits per heavy atom. The summed E-state index contributed by atoms with van der Waals surface area (Å²) < 4.78 is 29.6. The molecule has 0 atom stereocenters. The molecule has 1 aromatic carbocycles. The van der Waals surface area contributed by atoms with Crippen LogP contribution in [-0.4, -0.2) is 57.2 Å². The van der Waals surface area contributed by atoms with Crippen LogP contribution in [0.1, 0.15) is 21.1 Å². The van der Waals surface area contributed by atoms with Gasteiger partial charge in [-0.25, -0.2) is 0 Å². The number of benzene rings is 1. The fraction of sp³-hybridized carbons (Fsp3) is 0.235. The summed E-state index contributed by atoms with van der Waals surface area (Å²) in [5, 5.41) is 3.07. The van der Waals surface area contributed by atoms with E-state index in [9.17, 15) is 21.5 Å². The zero-order valence-electron chi connectivity index (χ0n) is 15.4. The Morgan fingerprint density at radius 3 is 2.50 bits per heavy atom. The third kappa shape index (κ3) is 4.26. The van der Waals surface area contributed by atoms with E-state index in [1.807, 2.05) is 19.0 Å². The minimum absolute atomic E-state index is 0.0710. The van der Waals surface area contributed by atoms with Crippen LogP contribution in [0.2, 0.25) is 0 Å². The van der Waals surface area contributed by atoms with E-state index >= 15 is 0 Å². The second-order valence-electron chi connectivity index (χ2n) is 6.53. The van der Waals surface area contributed by atoms with Crippen LogP contribution in [0, 0.1) is 6.92 Å². The Morgan fingerprint density at radius 1 is 1.29 bits per heavy atom. The summed E-state index contributed by atoms with van der Waals surface area (Å²) in [5.74, 6) is 0.105.